The maximum atomic E-state index is 12.3. The molecule has 1 saturated heterocycles. The molecule has 1 aliphatic rings. The Bertz CT molecular complexity index is 698. The molecule has 1 aromatic rings. The number of primary amides is 1. The summed E-state index contributed by atoms with van der Waals surface area (Å²) in [6, 6.07) is 4.80. The van der Waals surface area contributed by atoms with E-state index in [2.05, 4.69) is 0 Å². The largest absolute Gasteiger partial charge is 0.490 e. The number of rotatable bonds is 9. The molecule has 2 amide bonds. The highest BCUT2D eigenvalue weighted by Gasteiger charge is 2.26. The van der Waals surface area contributed by atoms with Gasteiger partial charge in [0.25, 0.3) is 5.91 Å². The molecule has 2 N–H and O–H groups in total. The number of likely N-dealkylation sites (tertiary alicyclic amines) is 1. The first-order valence-corrected chi connectivity index (χ1v) is 9.60. The Labute approximate surface area is 164 Å². The molecule has 0 spiro atoms. The summed E-state index contributed by atoms with van der Waals surface area (Å²) in [6.07, 6.45) is 1.92. The quantitative estimate of drug-likeness (QED) is 0.642. The van der Waals surface area contributed by atoms with Gasteiger partial charge < -0.3 is 24.8 Å². The predicted molar refractivity (Wildman–Crippen MR) is 102 cm³/mol. The normalized spacial score (nSPS) is 14.4. The van der Waals surface area contributed by atoms with Crippen molar-refractivity contribution in [1.82, 2.24) is 4.90 Å². The van der Waals surface area contributed by atoms with E-state index in [9.17, 15) is 14.4 Å². The number of ether oxygens (including phenoxy) is 3. The van der Waals surface area contributed by atoms with Crippen LogP contribution < -0.4 is 15.2 Å². The molecule has 8 nitrogen and oxygen atoms in total. The molecule has 1 fully saturated rings. The monoisotopic (exact) mass is 392 g/mol. The van der Waals surface area contributed by atoms with Gasteiger partial charge in [0.1, 0.15) is 0 Å². The van der Waals surface area contributed by atoms with E-state index in [0.717, 1.165) is 6.42 Å². The third-order valence-electron chi connectivity index (χ3n) is 4.52. The summed E-state index contributed by atoms with van der Waals surface area (Å²) in [5.74, 6) is -0.404. The van der Waals surface area contributed by atoms with Gasteiger partial charge in [0.15, 0.2) is 18.1 Å². The van der Waals surface area contributed by atoms with Crippen LogP contribution in [0.4, 0.5) is 0 Å². The number of esters is 1. The minimum absolute atomic E-state index is 0.197. The summed E-state index contributed by atoms with van der Waals surface area (Å²) in [4.78, 5) is 37.3. The number of nitrogens with zero attached hydrogens (tertiary/aromatic N) is 1. The first kappa shape index (κ1) is 21.5. The van der Waals surface area contributed by atoms with Gasteiger partial charge in [0.05, 0.1) is 18.8 Å². The van der Waals surface area contributed by atoms with Crippen LogP contribution in [0.3, 0.4) is 0 Å². The van der Waals surface area contributed by atoms with Crippen LogP contribution in [0.25, 0.3) is 0 Å². The lowest BCUT2D eigenvalue weighted by molar-refractivity contribution is -0.137. The molecule has 0 atom stereocenters. The van der Waals surface area contributed by atoms with Gasteiger partial charge in [-0.1, -0.05) is 6.92 Å². The Hall–Kier alpha value is -2.77. The van der Waals surface area contributed by atoms with Crippen molar-refractivity contribution < 1.29 is 28.6 Å². The van der Waals surface area contributed by atoms with Crippen LogP contribution in [0, 0.1) is 5.92 Å². The van der Waals surface area contributed by atoms with E-state index >= 15 is 0 Å². The zero-order chi connectivity index (χ0) is 20.5. The molecule has 1 aliphatic heterocycles. The molecule has 0 bridgehead atoms. The highest BCUT2D eigenvalue weighted by Crippen LogP contribution is 2.29. The molecule has 1 aromatic carbocycles. The number of piperidine rings is 1. The Balaban J connectivity index is 1.91. The maximum Gasteiger partial charge on any atom is 0.338 e. The molecule has 154 valence electrons. The molecule has 2 rings (SSSR count). The molecule has 0 unspecified atom stereocenters. The molecule has 0 aliphatic carbocycles. The van der Waals surface area contributed by atoms with E-state index in [4.69, 9.17) is 19.9 Å². The average Bonchev–Trinajstić information content (AvgIpc) is 2.71. The SMILES string of the molecule is CCCOc1ccc(C(=O)OCC(=O)N2CCC(C(N)=O)CC2)cc1OCC. The van der Waals surface area contributed by atoms with Crippen molar-refractivity contribution in [2.75, 3.05) is 32.9 Å². The minimum atomic E-state index is -0.608. The number of nitrogens with two attached hydrogens (primary N) is 1. The Morgan fingerprint density at radius 1 is 1.11 bits per heavy atom. The summed E-state index contributed by atoms with van der Waals surface area (Å²) < 4.78 is 16.3. The predicted octanol–water partition coefficient (Wildman–Crippen LogP) is 1.75. The lowest BCUT2D eigenvalue weighted by Gasteiger charge is -2.30. The molecule has 0 radical (unpaired) electrons. The number of carbonyl (C=O) groups is 3. The van der Waals surface area contributed by atoms with Crippen molar-refractivity contribution in [2.45, 2.75) is 33.1 Å². The van der Waals surface area contributed by atoms with Crippen molar-refractivity contribution in [3.05, 3.63) is 23.8 Å². The third kappa shape index (κ3) is 5.87. The van der Waals surface area contributed by atoms with Crippen LogP contribution in [0.1, 0.15) is 43.5 Å². The Morgan fingerprint density at radius 3 is 2.43 bits per heavy atom. The molecule has 28 heavy (non-hydrogen) atoms. The molecular formula is C20H28N2O6. The average molecular weight is 392 g/mol. The van der Waals surface area contributed by atoms with Gasteiger partial charge in [-0.15, -0.1) is 0 Å². The Morgan fingerprint density at radius 2 is 1.82 bits per heavy atom. The van der Waals surface area contributed by atoms with Crippen LogP contribution in [-0.4, -0.2) is 55.6 Å². The summed E-state index contributed by atoms with van der Waals surface area (Å²) in [5.41, 5.74) is 5.58. The van der Waals surface area contributed by atoms with Crippen LogP contribution >= 0.6 is 0 Å². The van der Waals surface area contributed by atoms with E-state index in [-0.39, 0.29) is 29.9 Å². The summed E-state index contributed by atoms with van der Waals surface area (Å²) in [6.45, 7) is 5.34. The fourth-order valence-electron chi connectivity index (χ4n) is 2.95. The van der Waals surface area contributed by atoms with Crippen LogP contribution in [0.15, 0.2) is 18.2 Å². The zero-order valence-corrected chi connectivity index (χ0v) is 16.4. The first-order chi connectivity index (χ1) is 13.5. The second-order valence-electron chi connectivity index (χ2n) is 6.58. The molecular weight excluding hydrogens is 364 g/mol. The summed E-state index contributed by atoms with van der Waals surface area (Å²) in [5, 5.41) is 0. The van der Waals surface area contributed by atoms with E-state index in [0.29, 0.717) is 50.6 Å². The van der Waals surface area contributed by atoms with Crippen molar-refractivity contribution in [3.63, 3.8) is 0 Å². The smallest absolute Gasteiger partial charge is 0.338 e. The van der Waals surface area contributed by atoms with Crippen LogP contribution in [0.5, 0.6) is 11.5 Å². The lowest BCUT2D eigenvalue weighted by Crippen LogP contribution is -2.43. The van der Waals surface area contributed by atoms with Gasteiger partial charge in [-0.05, 0) is 44.4 Å². The van der Waals surface area contributed by atoms with Gasteiger partial charge >= 0.3 is 5.97 Å². The van der Waals surface area contributed by atoms with Gasteiger partial charge in [-0.2, -0.15) is 0 Å². The number of hydrogen-bond donors (Lipinski definition) is 1. The number of amides is 2. The number of hydrogen-bond acceptors (Lipinski definition) is 6. The van der Waals surface area contributed by atoms with E-state index in [1.54, 1.807) is 23.1 Å². The van der Waals surface area contributed by atoms with Crippen LogP contribution in [0.2, 0.25) is 0 Å². The maximum absolute atomic E-state index is 12.3. The second kappa shape index (κ2) is 10.5. The molecule has 1 heterocycles. The van der Waals surface area contributed by atoms with Gasteiger partial charge in [-0.3, -0.25) is 9.59 Å². The van der Waals surface area contributed by atoms with Gasteiger partial charge in [0, 0.05) is 19.0 Å². The van der Waals surface area contributed by atoms with E-state index in [1.807, 2.05) is 13.8 Å². The van der Waals surface area contributed by atoms with Crippen LogP contribution in [-0.2, 0) is 14.3 Å². The second-order valence-corrected chi connectivity index (χ2v) is 6.58. The van der Waals surface area contributed by atoms with Gasteiger partial charge in [0.2, 0.25) is 5.91 Å². The van der Waals surface area contributed by atoms with E-state index < -0.39 is 5.97 Å². The van der Waals surface area contributed by atoms with E-state index in [1.165, 1.54) is 0 Å². The highest BCUT2D eigenvalue weighted by molar-refractivity contribution is 5.92. The molecule has 0 saturated carbocycles. The number of benzene rings is 1. The highest BCUT2D eigenvalue weighted by atomic mass is 16.5. The standard InChI is InChI=1S/C20H28N2O6/c1-3-11-27-16-6-5-15(12-17(16)26-4-2)20(25)28-13-18(23)22-9-7-14(8-10-22)19(21)24/h5-6,12,14H,3-4,7-11,13H2,1-2H3,(H2,21,24). The lowest BCUT2D eigenvalue weighted by atomic mass is 9.96. The zero-order valence-electron chi connectivity index (χ0n) is 16.4. The minimum Gasteiger partial charge on any atom is -0.490 e. The summed E-state index contributed by atoms with van der Waals surface area (Å²) >= 11 is 0. The van der Waals surface area contributed by atoms with Crippen molar-refractivity contribution in [1.29, 1.82) is 0 Å². The van der Waals surface area contributed by atoms with Crippen molar-refractivity contribution in [3.8, 4) is 11.5 Å². The molecule has 0 aromatic heterocycles. The van der Waals surface area contributed by atoms with Gasteiger partial charge in [-0.25, -0.2) is 4.79 Å². The fraction of sp³-hybridized carbons (Fsp3) is 0.550. The van der Waals surface area contributed by atoms with Crippen molar-refractivity contribution in [2.24, 2.45) is 11.7 Å². The molecule has 8 heteroatoms. The fourth-order valence-corrected chi connectivity index (χ4v) is 2.95. The third-order valence-corrected chi connectivity index (χ3v) is 4.52. The first-order valence-electron chi connectivity index (χ1n) is 9.60. The topological polar surface area (TPSA) is 108 Å². The Kier molecular flexibility index (Phi) is 8.10. The van der Waals surface area contributed by atoms with Crippen molar-refractivity contribution >= 4 is 17.8 Å². The summed E-state index contributed by atoms with van der Waals surface area (Å²) in [7, 11) is 0. The number of carbonyl (C=O) groups excluding carboxylic acids is 3.